The highest BCUT2D eigenvalue weighted by molar-refractivity contribution is 6.35. The van der Waals surface area contributed by atoms with Gasteiger partial charge in [-0.2, -0.15) is 5.10 Å². The van der Waals surface area contributed by atoms with Crippen molar-refractivity contribution < 1.29 is 15.0 Å². The number of carboxylic acids is 1. The molecule has 0 amide bonds. The zero-order valence-electron chi connectivity index (χ0n) is 17.1. The first kappa shape index (κ1) is 20.4. The summed E-state index contributed by atoms with van der Waals surface area (Å²) in [7, 11) is 0. The van der Waals surface area contributed by atoms with Crippen molar-refractivity contribution in [2.75, 3.05) is 13.2 Å². The van der Waals surface area contributed by atoms with E-state index in [0.717, 1.165) is 61.0 Å². The van der Waals surface area contributed by atoms with Crippen molar-refractivity contribution in [3.63, 3.8) is 0 Å². The van der Waals surface area contributed by atoms with Gasteiger partial charge in [0.05, 0.1) is 21.8 Å². The molecule has 3 heterocycles. The molecule has 1 aliphatic heterocycles. The molecule has 1 aliphatic carbocycles. The van der Waals surface area contributed by atoms with Gasteiger partial charge in [-0.15, -0.1) is 0 Å². The molecule has 2 aliphatic rings. The molecule has 2 fully saturated rings. The van der Waals surface area contributed by atoms with Crippen LogP contribution in [0, 0.1) is 5.92 Å². The predicted molar refractivity (Wildman–Crippen MR) is 118 cm³/mol. The van der Waals surface area contributed by atoms with E-state index in [9.17, 15) is 15.0 Å². The maximum atomic E-state index is 11.7. The summed E-state index contributed by atoms with van der Waals surface area (Å²) in [5.74, 6) is -0.544. The van der Waals surface area contributed by atoms with Crippen molar-refractivity contribution in [2.24, 2.45) is 5.92 Å². The summed E-state index contributed by atoms with van der Waals surface area (Å²) >= 11 is 6.57. The van der Waals surface area contributed by atoms with Crippen molar-refractivity contribution in [2.45, 2.75) is 44.1 Å². The van der Waals surface area contributed by atoms with Gasteiger partial charge in [0.2, 0.25) is 0 Å². The van der Waals surface area contributed by atoms with E-state index in [2.05, 4.69) is 16.4 Å². The van der Waals surface area contributed by atoms with Gasteiger partial charge in [0.25, 0.3) is 0 Å². The lowest BCUT2D eigenvalue weighted by Crippen LogP contribution is -2.33. The number of benzene rings is 1. The lowest BCUT2D eigenvalue weighted by Gasteiger charge is -2.30. The van der Waals surface area contributed by atoms with Crippen molar-refractivity contribution in [1.82, 2.24) is 20.1 Å². The average molecular weight is 441 g/mol. The molecule has 2 unspecified atom stereocenters. The number of nitrogens with one attached hydrogen (secondary N) is 1. The van der Waals surface area contributed by atoms with Crippen LogP contribution in [0.3, 0.4) is 0 Å². The van der Waals surface area contributed by atoms with Crippen LogP contribution in [0.4, 0.5) is 0 Å². The Hall–Kier alpha value is -2.48. The van der Waals surface area contributed by atoms with Crippen LogP contribution >= 0.6 is 11.6 Å². The molecule has 0 spiro atoms. The van der Waals surface area contributed by atoms with Gasteiger partial charge >= 0.3 is 5.97 Å². The maximum Gasteiger partial charge on any atom is 0.354 e. The van der Waals surface area contributed by atoms with E-state index in [-0.39, 0.29) is 24.3 Å². The first-order valence-electron chi connectivity index (χ1n) is 10.8. The molecule has 3 aromatic rings. The Kier molecular flexibility index (Phi) is 5.42. The Morgan fingerprint density at radius 3 is 2.77 bits per heavy atom. The molecule has 8 heteroatoms. The molecule has 3 N–H and O–H groups in total. The van der Waals surface area contributed by atoms with Gasteiger partial charge in [-0.1, -0.05) is 36.2 Å². The lowest BCUT2D eigenvalue weighted by molar-refractivity contribution is 0.0691. The summed E-state index contributed by atoms with van der Waals surface area (Å²) in [6.45, 7) is 1.01. The zero-order chi connectivity index (χ0) is 21.5. The molecule has 2 aromatic heterocycles. The molecule has 1 saturated carbocycles. The Bertz CT molecular complexity index is 1140. The Balaban J connectivity index is 1.69. The third-order valence-electron chi connectivity index (χ3n) is 6.64. The van der Waals surface area contributed by atoms with Crippen LogP contribution in [0.1, 0.15) is 65.8 Å². The third-order valence-corrected chi connectivity index (χ3v) is 6.94. The number of pyridine rings is 1. The first-order chi connectivity index (χ1) is 15.1. The van der Waals surface area contributed by atoms with Crippen LogP contribution in [-0.4, -0.2) is 44.1 Å². The number of nitrogens with zero attached hydrogens (tertiary/aromatic N) is 3. The van der Waals surface area contributed by atoms with Gasteiger partial charge in [0, 0.05) is 18.6 Å². The van der Waals surface area contributed by atoms with Crippen molar-refractivity contribution >= 4 is 28.6 Å². The van der Waals surface area contributed by atoms with Crippen molar-refractivity contribution in [3.05, 3.63) is 52.3 Å². The van der Waals surface area contributed by atoms with Gasteiger partial charge < -0.3 is 15.5 Å². The van der Waals surface area contributed by atoms with Crippen molar-refractivity contribution in [3.8, 4) is 5.69 Å². The number of aliphatic hydroxyl groups excluding tert-OH is 1. The minimum atomic E-state index is -1.12. The summed E-state index contributed by atoms with van der Waals surface area (Å²) in [6.07, 6.45) is 5.03. The molecule has 0 radical (unpaired) electrons. The van der Waals surface area contributed by atoms with E-state index in [1.165, 1.54) is 6.07 Å². The summed E-state index contributed by atoms with van der Waals surface area (Å²) in [4.78, 5) is 16.1. The molecule has 0 bridgehead atoms. The normalized spacial score (nSPS) is 21.9. The summed E-state index contributed by atoms with van der Waals surface area (Å²) < 4.78 is 1.76. The minimum Gasteiger partial charge on any atom is -0.477 e. The van der Waals surface area contributed by atoms with E-state index in [0.29, 0.717) is 16.6 Å². The monoisotopic (exact) mass is 440 g/mol. The van der Waals surface area contributed by atoms with E-state index < -0.39 is 5.97 Å². The number of aliphatic hydroxyl groups is 1. The number of hydrogen-bond acceptors (Lipinski definition) is 5. The predicted octanol–water partition coefficient (Wildman–Crippen LogP) is 4.07. The molecule has 7 nitrogen and oxygen atoms in total. The molecule has 5 rings (SSSR count). The molecule has 1 aromatic carbocycles. The van der Waals surface area contributed by atoms with Crippen LogP contribution in [0.15, 0.2) is 30.3 Å². The second-order valence-electron chi connectivity index (χ2n) is 8.56. The second kappa shape index (κ2) is 8.22. The standard InChI is InChI=1S/C23H25ClN4O3/c24-16-11-18(23(30)31)26-22-20(16)21(14-4-3-5-14)27-28(22)19-7-2-1-6-15(19)17-10-13(12-29)8-9-25-17/h1-2,6-7,11,13-14,17,25,29H,3-5,8-10,12H2,(H,30,31). The van der Waals surface area contributed by atoms with Crippen LogP contribution in [-0.2, 0) is 0 Å². The van der Waals surface area contributed by atoms with E-state index in [1.54, 1.807) is 4.68 Å². The number of aromatic carboxylic acids is 1. The highest BCUT2D eigenvalue weighted by Gasteiger charge is 2.30. The minimum absolute atomic E-state index is 0.0756. The van der Waals surface area contributed by atoms with Gasteiger partial charge in [-0.25, -0.2) is 14.5 Å². The van der Waals surface area contributed by atoms with E-state index in [4.69, 9.17) is 16.7 Å². The van der Waals surface area contributed by atoms with E-state index >= 15 is 0 Å². The maximum absolute atomic E-state index is 11.7. The molecule has 162 valence electrons. The summed E-state index contributed by atoms with van der Waals surface area (Å²) in [5, 5.41) is 28.8. The first-order valence-corrected chi connectivity index (χ1v) is 11.2. The number of hydrogen-bond donors (Lipinski definition) is 3. The number of carbonyl (C=O) groups is 1. The highest BCUT2D eigenvalue weighted by atomic mass is 35.5. The Morgan fingerprint density at radius 2 is 2.06 bits per heavy atom. The fourth-order valence-electron chi connectivity index (χ4n) is 4.72. The number of aromatic nitrogens is 3. The number of fused-ring (bicyclic) bond motifs is 1. The Morgan fingerprint density at radius 1 is 1.26 bits per heavy atom. The quantitative estimate of drug-likeness (QED) is 0.553. The van der Waals surface area contributed by atoms with Gasteiger partial charge in [0.1, 0.15) is 0 Å². The number of carboxylic acid groups (broad SMARTS) is 1. The zero-order valence-corrected chi connectivity index (χ0v) is 17.8. The lowest BCUT2D eigenvalue weighted by atomic mass is 9.82. The topological polar surface area (TPSA) is 100 Å². The smallest absolute Gasteiger partial charge is 0.354 e. The molecule has 1 saturated heterocycles. The fraction of sp³-hybridized carbons (Fsp3) is 0.435. The fourth-order valence-corrected chi connectivity index (χ4v) is 5.00. The Labute approximate surface area is 185 Å². The number of para-hydroxylation sites is 1. The molecular weight excluding hydrogens is 416 g/mol. The molecule has 31 heavy (non-hydrogen) atoms. The third kappa shape index (κ3) is 3.60. The molecular formula is C23H25ClN4O3. The van der Waals surface area contributed by atoms with Crippen LogP contribution in [0.5, 0.6) is 0 Å². The second-order valence-corrected chi connectivity index (χ2v) is 8.96. The molecule has 2 atom stereocenters. The summed E-state index contributed by atoms with van der Waals surface area (Å²) in [5.41, 5.74) is 3.21. The number of rotatable bonds is 5. The average Bonchev–Trinajstić information content (AvgIpc) is 3.12. The highest BCUT2D eigenvalue weighted by Crippen LogP contribution is 2.42. The summed E-state index contributed by atoms with van der Waals surface area (Å²) in [6, 6.07) is 9.48. The number of piperidine rings is 1. The van der Waals surface area contributed by atoms with Crippen LogP contribution in [0.25, 0.3) is 16.7 Å². The van der Waals surface area contributed by atoms with Crippen LogP contribution < -0.4 is 5.32 Å². The van der Waals surface area contributed by atoms with Crippen LogP contribution in [0.2, 0.25) is 5.02 Å². The van der Waals surface area contributed by atoms with E-state index in [1.807, 2.05) is 18.2 Å². The van der Waals surface area contributed by atoms with Gasteiger partial charge in [0.15, 0.2) is 11.3 Å². The largest absolute Gasteiger partial charge is 0.477 e. The SMILES string of the molecule is O=C(O)c1cc(Cl)c2c(C3CCC3)nn(-c3ccccc3C3CC(CO)CCN3)c2n1. The van der Waals surface area contributed by atoms with Gasteiger partial charge in [-0.05, 0) is 55.8 Å². The van der Waals surface area contributed by atoms with Gasteiger partial charge in [-0.3, -0.25) is 0 Å². The number of halogens is 1. The van der Waals surface area contributed by atoms with Crippen molar-refractivity contribution in [1.29, 1.82) is 0 Å².